The number of hydrogen-bond donors (Lipinski definition) is 0. The quantitative estimate of drug-likeness (QED) is 0.433. The fourth-order valence-electron chi connectivity index (χ4n) is 2.56. The molecule has 2 heterocycles. The summed E-state index contributed by atoms with van der Waals surface area (Å²) in [5.74, 6) is 0.00422. The number of carbonyl (C=O) groups excluding carboxylic acids is 1. The van der Waals surface area contributed by atoms with E-state index in [1.165, 1.54) is 0 Å². The second-order valence-electron chi connectivity index (χ2n) is 5.70. The number of nitrogens with zero attached hydrogens (tertiary/aromatic N) is 3. The second-order valence-corrected chi connectivity index (χ2v) is 7.08. The van der Waals surface area contributed by atoms with E-state index in [1.54, 1.807) is 6.92 Å². The Kier molecular flexibility index (Phi) is 7.71. The third kappa shape index (κ3) is 6.08. The molecule has 0 spiro atoms. The predicted octanol–water partition coefficient (Wildman–Crippen LogP) is 3.59. The first kappa shape index (κ1) is 21.4. The minimum Gasteiger partial charge on any atom is -0.466 e. The van der Waals surface area contributed by atoms with E-state index in [2.05, 4.69) is 14.7 Å². The number of hydrogen-bond acceptors (Lipinski definition) is 6. The first-order chi connectivity index (χ1) is 12.2. The molecule has 0 radical (unpaired) electrons. The van der Waals surface area contributed by atoms with Crippen molar-refractivity contribution in [3.05, 3.63) is 14.5 Å². The fourth-order valence-corrected chi connectivity index (χ4v) is 3.47. The van der Waals surface area contributed by atoms with Gasteiger partial charge in [0, 0.05) is 13.1 Å². The Morgan fingerprint density at radius 3 is 2.58 bits per heavy atom. The SMILES string of the molecule is CCOC(=O)C1CCN(c2nc(COCC(F)(F)F)c(I)nc2Cl)CC1. The molecule has 0 unspecified atom stereocenters. The number of alkyl halides is 3. The summed E-state index contributed by atoms with van der Waals surface area (Å²) in [6.07, 6.45) is -3.23. The largest absolute Gasteiger partial charge is 0.466 e. The van der Waals surface area contributed by atoms with Crippen molar-refractivity contribution in [3.8, 4) is 0 Å². The highest BCUT2D eigenvalue weighted by molar-refractivity contribution is 14.1. The molecule has 0 amide bonds. The van der Waals surface area contributed by atoms with Crippen LogP contribution >= 0.6 is 34.2 Å². The molecule has 11 heteroatoms. The van der Waals surface area contributed by atoms with Crippen molar-refractivity contribution in [2.75, 3.05) is 31.2 Å². The van der Waals surface area contributed by atoms with Crippen LogP contribution in [0.4, 0.5) is 19.0 Å². The maximum atomic E-state index is 12.2. The van der Waals surface area contributed by atoms with Crippen molar-refractivity contribution in [1.82, 2.24) is 9.97 Å². The van der Waals surface area contributed by atoms with Gasteiger partial charge >= 0.3 is 12.1 Å². The summed E-state index contributed by atoms with van der Waals surface area (Å²) in [4.78, 5) is 22.2. The molecule has 1 aromatic heterocycles. The first-order valence-electron chi connectivity index (χ1n) is 7.99. The van der Waals surface area contributed by atoms with Crippen LogP contribution in [0.3, 0.4) is 0 Å². The van der Waals surface area contributed by atoms with Gasteiger partial charge in [0.05, 0.1) is 19.1 Å². The third-order valence-electron chi connectivity index (χ3n) is 3.78. The normalized spacial score (nSPS) is 16.0. The topological polar surface area (TPSA) is 64.5 Å². The molecule has 146 valence electrons. The van der Waals surface area contributed by atoms with Crippen LogP contribution < -0.4 is 4.90 Å². The molecule has 1 aromatic rings. The standard InChI is InChI=1S/C15H18ClF3IN3O3/c1-2-26-14(24)9-3-5-23(6-4-9)13-11(16)22-12(20)10(21-13)7-25-8-15(17,18)19/h9H,2-8H2,1H3. The third-order valence-corrected chi connectivity index (χ3v) is 4.90. The van der Waals surface area contributed by atoms with E-state index in [0.717, 1.165) is 0 Å². The molecular formula is C15H18ClF3IN3O3. The van der Waals surface area contributed by atoms with Crippen LogP contribution in [-0.2, 0) is 20.9 Å². The van der Waals surface area contributed by atoms with E-state index < -0.39 is 12.8 Å². The average Bonchev–Trinajstić information content (AvgIpc) is 2.56. The van der Waals surface area contributed by atoms with E-state index in [1.807, 2.05) is 27.5 Å². The van der Waals surface area contributed by atoms with Gasteiger partial charge in [-0.2, -0.15) is 13.2 Å². The Bertz CT molecular complexity index is 641. The zero-order chi connectivity index (χ0) is 19.3. The van der Waals surface area contributed by atoms with Crippen LogP contribution in [0.25, 0.3) is 0 Å². The number of carbonyl (C=O) groups is 1. The number of ether oxygens (including phenoxy) is 2. The molecule has 0 aromatic carbocycles. The summed E-state index contributed by atoms with van der Waals surface area (Å²) in [5, 5.41) is 0.170. The number of esters is 1. The maximum absolute atomic E-state index is 12.2. The molecular weight excluding hydrogens is 490 g/mol. The Hall–Kier alpha value is -0.880. The van der Waals surface area contributed by atoms with Crippen molar-refractivity contribution < 1.29 is 27.4 Å². The number of piperidine rings is 1. The van der Waals surface area contributed by atoms with Crippen molar-refractivity contribution in [3.63, 3.8) is 0 Å². The van der Waals surface area contributed by atoms with Crippen LogP contribution in [0, 0.1) is 9.62 Å². The summed E-state index contributed by atoms with van der Waals surface area (Å²) in [7, 11) is 0. The van der Waals surface area contributed by atoms with Crippen LogP contribution in [0.5, 0.6) is 0 Å². The van der Waals surface area contributed by atoms with Gasteiger partial charge in [0.15, 0.2) is 11.0 Å². The van der Waals surface area contributed by atoms with E-state index in [0.29, 0.717) is 47.8 Å². The number of anilines is 1. The van der Waals surface area contributed by atoms with Gasteiger partial charge in [0.25, 0.3) is 0 Å². The van der Waals surface area contributed by atoms with E-state index in [-0.39, 0.29) is 23.6 Å². The minimum atomic E-state index is -4.40. The predicted molar refractivity (Wildman–Crippen MR) is 97.0 cm³/mol. The molecule has 1 saturated heterocycles. The molecule has 0 saturated carbocycles. The highest BCUT2D eigenvalue weighted by Gasteiger charge is 2.29. The summed E-state index contributed by atoms with van der Waals surface area (Å²) >= 11 is 8.01. The molecule has 2 rings (SSSR count). The number of rotatable bonds is 6. The summed E-state index contributed by atoms with van der Waals surface area (Å²) in [6, 6.07) is 0. The lowest BCUT2D eigenvalue weighted by molar-refractivity contribution is -0.176. The average molecular weight is 508 g/mol. The smallest absolute Gasteiger partial charge is 0.411 e. The van der Waals surface area contributed by atoms with Gasteiger partial charge in [-0.15, -0.1) is 0 Å². The van der Waals surface area contributed by atoms with Gasteiger partial charge in [-0.3, -0.25) is 4.79 Å². The maximum Gasteiger partial charge on any atom is 0.411 e. The van der Waals surface area contributed by atoms with E-state index >= 15 is 0 Å². The van der Waals surface area contributed by atoms with Crippen LogP contribution in [0.1, 0.15) is 25.5 Å². The monoisotopic (exact) mass is 507 g/mol. The summed E-state index contributed by atoms with van der Waals surface area (Å²) in [5.41, 5.74) is 0.293. The fraction of sp³-hybridized carbons (Fsp3) is 0.667. The lowest BCUT2D eigenvalue weighted by Crippen LogP contribution is -2.38. The number of aromatic nitrogens is 2. The molecule has 1 fully saturated rings. The van der Waals surface area contributed by atoms with Gasteiger partial charge in [-0.1, -0.05) is 11.6 Å². The summed E-state index contributed by atoms with van der Waals surface area (Å²) in [6.45, 7) is 1.50. The molecule has 1 aliphatic rings. The van der Waals surface area contributed by atoms with Gasteiger partial charge in [0.1, 0.15) is 16.0 Å². The van der Waals surface area contributed by atoms with Crippen LogP contribution in [-0.4, -0.2) is 48.4 Å². The second kappa shape index (κ2) is 9.36. The lowest BCUT2D eigenvalue weighted by Gasteiger charge is -2.32. The van der Waals surface area contributed by atoms with Crippen molar-refractivity contribution in [1.29, 1.82) is 0 Å². The number of halogens is 5. The lowest BCUT2D eigenvalue weighted by atomic mass is 9.97. The van der Waals surface area contributed by atoms with Crippen molar-refractivity contribution in [2.45, 2.75) is 32.5 Å². The van der Waals surface area contributed by atoms with Gasteiger partial charge in [0.2, 0.25) is 0 Å². The van der Waals surface area contributed by atoms with E-state index in [4.69, 9.17) is 16.3 Å². The van der Waals surface area contributed by atoms with Gasteiger partial charge in [-0.25, -0.2) is 9.97 Å². The van der Waals surface area contributed by atoms with Gasteiger partial charge in [-0.05, 0) is 42.4 Å². The molecule has 26 heavy (non-hydrogen) atoms. The zero-order valence-corrected chi connectivity index (χ0v) is 16.9. The van der Waals surface area contributed by atoms with Crippen molar-refractivity contribution >= 4 is 46.0 Å². The first-order valence-corrected chi connectivity index (χ1v) is 9.45. The molecule has 1 aliphatic heterocycles. The Morgan fingerprint density at radius 1 is 1.35 bits per heavy atom. The van der Waals surface area contributed by atoms with Crippen molar-refractivity contribution in [2.24, 2.45) is 5.92 Å². The molecule has 0 atom stereocenters. The molecule has 6 nitrogen and oxygen atoms in total. The Labute approximate surface area is 167 Å². The Balaban J connectivity index is 2.03. The Morgan fingerprint density at radius 2 is 2.00 bits per heavy atom. The van der Waals surface area contributed by atoms with E-state index in [9.17, 15) is 18.0 Å². The molecule has 0 bridgehead atoms. The minimum absolute atomic E-state index is 0.170. The van der Waals surface area contributed by atoms with Gasteiger partial charge < -0.3 is 14.4 Å². The van der Waals surface area contributed by atoms with Crippen LogP contribution in [0.2, 0.25) is 5.15 Å². The van der Waals surface area contributed by atoms with Crippen LogP contribution in [0.15, 0.2) is 0 Å². The zero-order valence-electron chi connectivity index (χ0n) is 14.0. The highest BCUT2D eigenvalue weighted by Crippen LogP contribution is 2.29. The molecule has 0 N–H and O–H groups in total. The highest BCUT2D eigenvalue weighted by atomic mass is 127. The molecule has 0 aliphatic carbocycles. The summed E-state index contributed by atoms with van der Waals surface area (Å²) < 4.78 is 46.7.